The molecule has 0 saturated carbocycles. The molecule has 0 aliphatic rings. The summed E-state index contributed by atoms with van der Waals surface area (Å²) in [4.78, 5) is 11.2. The number of carbonyl (C=O) groups is 1. The van der Waals surface area contributed by atoms with Gasteiger partial charge >= 0.3 is 0 Å². The van der Waals surface area contributed by atoms with Gasteiger partial charge in [0.1, 0.15) is 6.54 Å². The van der Waals surface area contributed by atoms with Crippen molar-refractivity contribution in [3.05, 3.63) is 27.7 Å². The molecular weight excluding hydrogens is 293 g/mol. The topological polar surface area (TPSA) is 64.9 Å². The van der Waals surface area contributed by atoms with Gasteiger partial charge in [0.15, 0.2) is 0 Å². The highest BCUT2D eigenvalue weighted by molar-refractivity contribution is 9.10. The van der Waals surface area contributed by atoms with Crippen LogP contribution in [0.2, 0.25) is 5.02 Å². The van der Waals surface area contributed by atoms with Crippen LogP contribution in [0.3, 0.4) is 0 Å². The third-order valence-electron chi connectivity index (χ3n) is 1.74. The SMILES string of the molecule is N#CCNC(=O)CNc1ccc(Br)cc1Cl. The molecule has 0 spiro atoms. The smallest absolute Gasteiger partial charge is 0.240 e. The molecular formula is C10H9BrClN3O. The fourth-order valence-electron chi connectivity index (χ4n) is 1.01. The lowest BCUT2D eigenvalue weighted by molar-refractivity contribution is -0.119. The van der Waals surface area contributed by atoms with Crippen LogP contribution >= 0.6 is 27.5 Å². The van der Waals surface area contributed by atoms with E-state index in [0.29, 0.717) is 10.7 Å². The zero-order valence-electron chi connectivity index (χ0n) is 8.26. The minimum Gasteiger partial charge on any atom is -0.375 e. The highest BCUT2D eigenvalue weighted by Crippen LogP contribution is 2.25. The number of nitriles is 1. The molecule has 1 amide bonds. The lowest BCUT2D eigenvalue weighted by Crippen LogP contribution is -2.30. The molecule has 6 heteroatoms. The molecule has 0 aromatic heterocycles. The Balaban J connectivity index is 2.49. The van der Waals surface area contributed by atoms with E-state index in [1.165, 1.54) is 0 Å². The Morgan fingerprint density at radius 2 is 2.31 bits per heavy atom. The minimum absolute atomic E-state index is 0.00852. The maximum atomic E-state index is 11.2. The predicted molar refractivity (Wildman–Crippen MR) is 66.3 cm³/mol. The second kappa shape index (κ2) is 6.36. The van der Waals surface area contributed by atoms with Crippen molar-refractivity contribution in [3.8, 4) is 6.07 Å². The Kier molecular flexibility index (Phi) is 5.09. The first kappa shape index (κ1) is 12.8. The molecule has 16 heavy (non-hydrogen) atoms. The Labute approximate surface area is 107 Å². The molecule has 0 aliphatic heterocycles. The monoisotopic (exact) mass is 301 g/mol. The number of nitrogens with one attached hydrogen (secondary N) is 2. The molecule has 0 saturated heterocycles. The molecule has 2 N–H and O–H groups in total. The first-order valence-electron chi connectivity index (χ1n) is 4.46. The fraction of sp³-hybridized carbons (Fsp3) is 0.200. The Morgan fingerprint density at radius 1 is 1.56 bits per heavy atom. The van der Waals surface area contributed by atoms with E-state index in [9.17, 15) is 4.79 Å². The fourth-order valence-corrected chi connectivity index (χ4v) is 1.75. The highest BCUT2D eigenvalue weighted by atomic mass is 79.9. The summed E-state index contributed by atoms with van der Waals surface area (Å²) in [5.74, 6) is -0.250. The van der Waals surface area contributed by atoms with E-state index < -0.39 is 0 Å². The quantitative estimate of drug-likeness (QED) is 0.838. The zero-order valence-corrected chi connectivity index (χ0v) is 10.6. The lowest BCUT2D eigenvalue weighted by atomic mass is 10.3. The van der Waals surface area contributed by atoms with Gasteiger partial charge in [-0.05, 0) is 18.2 Å². The third kappa shape index (κ3) is 4.09. The number of nitrogens with zero attached hydrogens (tertiary/aromatic N) is 1. The summed E-state index contributed by atoms with van der Waals surface area (Å²) in [6.07, 6.45) is 0. The van der Waals surface area contributed by atoms with E-state index in [0.717, 1.165) is 4.47 Å². The Morgan fingerprint density at radius 3 is 2.94 bits per heavy atom. The number of halogens is 2. The van der Waals surface area contributed by atoms with Crippen LogP contribution < -0.4 is 10.6 Å². The molecule has 0 bridgehead atoms. The summed E-state index contributed by atoms with van der Waals surface area (Å²) >= 11 is 9.22. The number of amides is 1. The molecule has 1 aromatic carbocycles. The molecule has 0 aliphatic carbocycles. The summed E-state index contributed by atoms with van der Waals surface area (Å²) < 4.78 is 0.872. The lowest BCUT2D eigenvalue weighted by Gasteiger charge is -2.07. The van der Waals surface area contributed by atoms with Crippen LogP contribution in [0.5, 0.6) is 0 Å². The summed E-state index contributed by atoms with van der Waals surface area (Å²) in [5, 5.41) is 14.1. The van der Waals surface area contributed by atoms with Crippen molar-refractivity contribution in [2.45, 2.75) is 0 Å². The zero-order chi connectivity index (χ0) is 12.0. The van der Waals surface area contributed by atoms with Gasteiger partial charge in [0.25, 0.3) is 0 Å². The van der Waals surface area contributed by atoms with Crippen LogP contribution in [-0.4, -0.2) is 19.0 Å². The van der Waals surface area contributed by atoms with E-state index in [2.05, 4.69) is 26.6 Å². The standard InChI is InChI=1S/C10H9BrClN3O/c11-7-1-2-9(8(12)5-7)15-6-10(16)14-4-3-13/h1-2,5,15H,4,6H2,(H,14,16). The van der Waals surface area contributed by atoms with Gasteiger partial charge in [-0.15, -0.1) is 0 Å². The van der Waals surface area contributed by atoms with Crippen LogP contribution in [-0.2, 0) is 4.79 Å². The first-order chi connectivity index (χ1) is 7.63. The molecule has 1 aromatic rings. The van der Waals surface area contributed by atoms with Crippen molar-refractivity contribution in [2.75, 3.05) is 18.4 Å². The predicted octanol–water partition coefficient (Wildman–Crippen LogP) is 2.15. The minimum atomic E-state index is -0.250. The summed E-state index contributed by atoms with van der Waals surface area (Å²) in [6, 6.07) is 7.15. The van der Waals surface area contributed by atoms with Crippen molar-refractivity contribution in [2.24, 2.45) is 0 Å². The molecule has 4 nitrogen and oxygen atoms in total. The average Bonchev–Trinajstić information content (AvgIpc) is 2.25. The van der Waals surface area contributed by atoms with Crippen LogP contribution in [0.1, 0.15) is 0 Å². The van der Waals surface area contributed by atoms with Crippen LogP contribution in [0.25, 0.3) is 0 Å². The van der Waals surface area contributed by atoms with Crippen LogP contribution in [0.15, 0.2) is 22.7 Å². The van der Waals surface area contributed by atoms with E-state index in [4.69, 9.17) is 16.9 Å². The van der Waals surface area contributed by atoms with Crippen molar-refractivity contribution < 1.29 is 4.79 Å². The number of benzene rings is 1. The van der Waals surface area contributed by atoms with Gasteiger partial charge in [0.2, 0.25) is 5.91 Å². The molecule has 0 radical (unpaired) electrons. The van der Waals surface area contributed by atoms with Crippen LogP contribution in [0, 0.1) is 11.3 Å². The summed E-state index contributed by atoms with van der Waals surface area (Å²) in [7, 11) is 0. The number of carbonyl (C=O) groups excluding carboxylic acids is 1. The Bertz CT molecular complexity index is 431. The van der Waals surface area contributed by atoms with Gasteiger partial charge < -0.3 is 10.6 Å². The molecule has 0 atom stereocenters. The number of rotatable bonds is 4. The Hall–Kier alpha value is -1.25. The third-order valence-corrected chi connectivity index (χ3v) is 2.54. The van der Waals surface area contributed by atoms with Crippen LogP contribution in [0.4, 0.5) is 5.69 Å². The first-order valence-corrected chi connectivity index (χ1v) is 5.63. The van der Waals surface area contributed by atoms with Crippen molar-refractivity contribution in [1.29, 1.82) is 5.26 Å². The number of hydrogen-bond donors (Lipinski definition) is 2. The molecule has 0 fully saturated rings. The largest absolute Gasteiger partial charge is 0.375 e. The normalized spacial score (nSPS) is 9.31. The van der Waals surface area contributed by atoms with Crippen molar-refractivity contribution in [3.63, 3.8) is 0 Å². The number of hydrogen-bond acceptors (Lipinski definition) is 3. The molecule has 1 rings (SSSR count). The van der Waals surface area contributed by atoms with Gasteiger partial charge in [-0.2, -0.15) is 5.26 Å². The highest BCUT2D eigenvalue weighted by Gasteiger charge is 2.03. The second-order valence-corrected chi connectivity index (χ2v) is 4.24. The van der Waals surface area contributed by atoms with E-state index in [1.54, 1.807) is 12.1 Å². The summed E-state index contributed by atoms with van der Waals surface area (Å²) in [5.41, 5.74) is 0.678. The van der Waals surface area contributed by atoms with Gasteiger partial charge in [-0.3, -0.25) is 4.79 Å². The van der Waals surface area contributed by atoms with Gasteiger partial charge in [-0.1, -0.05) is 27.5 Å². The van der Waals surface area contributed by atoms with Gasteiger partial charge in [0, 0.05) is 4.47 Å². The second-order valence-electron chi connectivity index (χ2n) is 2.91. The number of anilines is 1. The van der Waals surface area contributed by atoms with Gasteiger partial charge in [-0.25, -0.2) is 0 Å². The maximum Gasteiger partial charge on any atom is 0.240 e. The van der Waals surface area contributed by atoms with E-state index >= 15 is 0 Å². The van der Waals surface area contributed by atoms with Gasteiger partial charge in [0.05, 0.1) is 23.3 Å². The molecule has 84 valence electrons. The maximum absolute atomic E-state index is 11.2. The molecule has 0 heterocycles. The van der Waals surface area contributed by atoms with Crippen molar-refractivity contribution >= 4 is 39.1 Å². The van der Waals surface area contributed by atoms with E-state index in [-0.39, 0.29) is 19.0 Å². The average molecular weight is 303 g/mol. The summed E-state index contributed by atoms with van der Waals surface area (Å²) in [6.45, 7) is 0.0949. The molecule has 0 unspecified atom stereocenters. The van der Waals surface area contributed by atoms with Crippen molar-refractivity contribution in [1.82, 2.24) is 5.32 Å². The van der Waals surface area contributed by atoms with E-state index in [1.807, 2.05) is 12.1 Å².